The summed E-state index contributed by atoms with van der Waals surface area (Å²) in [6.45, 7) is 8.58. The fraction of sp³-hybridized carbons (Fsp3) is 0.933. The molecule has 2 unspecified atom stereocenters. The number of rotatable bonds is 3. The number of carbonyl (C=O) groups is 1. The van der Waals surface area contributed by atoms with Crippen molar-refractivity contribution in [2.75, 3.05) is 40.3 Å². The van der Waals surface area contributed by atoms with Crippen LogP contribution >= 0.6 is 0 Å². The molecule has 0 saturated carbocycles. The van der Waals surface area contributed by atoms with E-state index in [1.165, 1.54) is 19.4 Å². The van der Waals surface area contributed by atoms with E-state index in [1.807, 2.05) is 11.9 Å². The normalized spacial score (nSPS) is 31.4. The Labute approximate surface area is 117 Å². The van der Waals surface area contributed by atoms with Gasteiger partial charge in [0, 0.05) is 20.1 Å². The Morgan fingerprint density at radius 2 is 2.21 bits per heavy atom. The second-order valence-electron chi connectivity index (χ2n) is 7.11. The number of nitrogens with one attached hydrogen (secondary N) is 1. The zero-order chi connectivity index (χ0) is 14.0. The molecule has 1 N–H and O–H groups in total. The van der Waals surface area contributed by atoms with Crippen LogP contribution in [0.1, 0.15) is 33.1 Å². The first-order valence-electron chi connectivity index (χ1n) is 7.57. The van der Waals surface area contributed by atoms with Gasteiger partial charge in [-0.3, -0.25) is 4.79 Å². The second kappa shape index (κ2) is 5.80. The molecule has 0 radical (unpaired) electrons. The first-order chi connectivity index (χ1) is 8.90. The predicted molar refractivity (Wildman–Crippen MR) is 78.0 cm³/mol. The van der Waals surface area contributed by atoms with Crippen LogP contribution in [-0.4, -0.2) is 62.0 Å². The molecule has 2 rings (SSSR count). The van der Waals surface area contributed by atoms with Crippen LogP contribution in [0, 0.1) is 11.3 Å². The van der Waals surface area contributed by atoms with Gasteiger partial charge in [0.15, 0.2) is 0 Å². The van der Waals surface area contributed by atoms with E-state index in [2.05, 4.69) is 31.1 Å². The highest BCUT2D eigenvalue weighted by Gasteiger charge is 2.38. The van der Waals surface area contributed by atoms with E-state index in [4.69, 9.17) is 0 Å². The van der Waals surface area contributed by atoms with Crippen molar-refractivity contribution < 1.29 is 4.79 Å². The molecule has 4 nitrogen and oxygen atoms in total. The van der Waals surface area contributed by atoms with Crippen molar-refractivity contribution in [2.45, 2.75) is 39.2 Å². The highest BCUT2D eigenvalue weighted by molar-refractivity contribution is 5.82. The van der Waals surface area contributed by atoms with Crippen LogP contribution < -0.4 is 5.32 Å². The summed E-state index contributed by atoms with van der Waals surface area (Å²) >= 11 is 0. The van der Waals surface area contributed by atoms with Gasteiger partial charge in [0.25, 0.3) is 0 Å². The maximum Gasteiger partial charge on any atom is 0.240 e. The van der Waals surface area contributed by atoms with Gasteiger partial charge < -0.3 is 15.1 Å². The van der Waals surface area contributed by atoms with Crippen molar-refractivity contribution in [3.8, 4) is 0 Å². The zero-order valence-corrected chi connectivity index (χ0v) is 12.9. The van der Waals surface area contributed by atoms with Crippen molar-refractivity contribution in [3.05, 3.63) is 0 Å². The molecule has 2 saturated heterocycles. The van der Waals surface area contributed by atoms with E-state index < -0.39 is 0 Å². The van der Waals surface area contributed by atoms with Crippen LogP contribution in [0.25, 0.3) is 0 Å². The first-order valence-corrected chi connectivity index (χ1v) is 7.57. The first kappa shape index (κ1) is 14.8. The van der Waals surface area contributed by atoms with E-state index in [9.17, 15) is 4.79 Å². The standard InChI is InChI=1S/C15H29N3O/c1-15(2)7-5-8-16-13(15)14(19)18(4)11-12-6-9-17(3)10-12/h12-13,16H,5-11H2,1-4H3. The Morgan fingerprint density at radius 1 is 1.47 bits per heavy atom. The third kappa shape index (κ3) is 3.48. The Hall–Kier alpha value is -0.610. The molecular weight excluding hydrogens is 238 g/mol. The maximum atomic E-state index is 12.6. The molecule has 0 spiro atoms. The van der Waals surface area contributed by atoms with Gasteiger partial charge in [-0.25, -0.2) is 0 Å². The summed E-state index contributed by atoms with van der Waals surface area (Å²) in [5.74, 6) is 0.921. The van der Waals surface area contributed by atoms with Crippen molar-refractivity contribution >= 4 is 5.91 Å². The Morgan fingerprint density at radius 3 is 2.79 bits per heavy atom. The number of hydrogen-bond donors (Lipinski definition) is 1. The van der Waals surface area contributed by atoms with Gasteiger partial charge >= 0.3 is 0 Å². The molecule has 0 aromatic heterocycles. The Bertz CT molecular complexity index is 329. The number of carbonyl (C=O) groups excluding carboxylic acids is 1. The van der Waals surface area contributed by atoms with Crippen LogP contribution in [-0.2, 0) is 4.79 Å². The second-order valence-corrected chi connectivity index (χ2v) is 7.11. The van der Waals surface area contributed by atoms with Crippen LogP contribution in [0.5, 0.6) is 0 Å². The lowest BCUT2D eigenvalue weighted by Gasteiger charge is -2.40. The van der Waals surface area contributed by atoms with Crippen LogP contribution in [0.2, 0.25) is 0 Å². The molecule has 0 aromatic carbocycles. The highest BCUT2D eigenvalue weighted by atomic mass is 16.2. The van der Waals surface area contributed by atoms with Gasteiger partial charge in [-0.15, -0.1) is 0 Å². The highest BCUT2D eigenvalue weighted by Crippen LogP contribution is 2.31. The summed E-state index contributed by atoms with van der Waals surface area (Å²) in [5, 5.41) is 3.42. The van der Waals surface area contributed by atoms with Crippen LogP contribution in [0.4, 0.5) is 0 Å². The number of nitrogens with zero attached hydrogens (tertiary/aromatic N) is 2. The summed E-state index contributed by atoms with van der Waals surface area (Å²) in [4.78, 5) is 16.9. The fourth-order valence-electron chi connectivity index (χ4n) is 3.51. The maximum absolute atomic E-state index is 12.6. The number of piperidine rings is 1. The lowest BCUT2D eigenvalue weighted by molar-refractivity contribution is -0.136. The average Bonchev–Trinajstić information content (AvgIpc) is 2.73. The van der Waals surface area contributed by atoms with Gasteiger partial charge in [0.05, 0.1) is 6.04 Å². The minimum absolute atomic E-state index is 0.00890. The molecule has 0 aliphatic carbocycles. The summed E-state index contributed by atoms with van der Waals surface area (Å²) in [7, 11) is 4.13. The smallest absolute Gasteiger partial charge is 0.240 e. The SMILES string of the molecule is CN1CCC(CN(C)C(=O)C2NCCCC2(C)C)C1. The molecule has 2 heterocycles. The lowest BCUT2D eigenvalue weighted by Crippen LogP contribution is -2.56. The summed E-state index contributed by atoms with van der Waals surface area (Å²) in [5.41, 5.74) is 0.0794. The van der Waals surface area contributed by atoms with E-state index in [0.717, 1.165) is 26.1 Å². The number of likely N-dealkylation sites (N-methyl/N-ethyl adjacent to an activating group) is 1. The van der Waals surface area contributed by atoms with Gasteiger partial charge in [0.1, 0.15) is 0 Å². The molecule has 2 aliphatic rings. The number of likely N-dealkylation sites (tertiary alicyclic amines) is 1. The van der Waals surface area contributed by atoms with E-state index >= 15 is 0 Å². The van der Waals surface area contributed by atoms with Gasteiger partial charge in [-0.2, -0.15) is 0 Å². The van der Waals surface area contributed by atoms with E-state index in [1.54, 1.807) is 0 Å². The van der Waals surface area contributed by atoms with Crippen molar-refractivity contribution in [2.24, 2.45) is 11.3 Å². The zero-order valence-electron chi connectivity index (χ0n) is 12.9. The summed E-state index contributed by atoms with van der Waals surface area (Å²) in [6, 6.07) is -0.00890. The van der Waals surface area contributed by atoms with Gasteiger partial charge in [0.2, 0.25) is 5.91 Å². The third-order valence-corrected chi connectivity index (χ3v) is 4.77. The molecule has 2 aliphatic heterocycles. The number of amides is 1. The molecule has 0 aromatic rings. The Balaban J connectivity index is 1.91. The average molecular weight is 267 g/mol. The predicted octanol–water partition coefficient (Wildman–Crippen LogP) is 1.17. The van der Waals surface area contributed by atoms with Crippen molar-refractivity contribution in [3.63, 3.8) is 0 Å². The van der Waals surface area contributed by atoms with E-state index in [-0.39, 0.29) is 17.4 Å². The molecule has 0 bridgehead atoms. The molecule has 1 amide bonds. The molecule has 110 valence electrons. The van der Waals surface area contributed by atoms with Crippen LogP contribution in [0.15, 0.2) is 0 Å². The minimum atomic E-state index is -0.00890. The molecular formula is C15H29N3O. The van der Waals surface area contributed by atoms with Crippen molar-refractivity contribution in [1.82, 2.24) is 15.1 Å². The summed E-state index contributed by atoms with van der Waals surface area (Å²) < 4.78 is 0. The van der Waals surface area contributed by atoms with Crippen molar-refractivity contribution in [1.29, 1.82) is 0 Å². The summed E-state index contributed by atoms with van der Waals surface area (Å²) in [6.07, 6.45) is 3.53. The third-order valence-electron chi connectivity index (χ3n) is 4.77. The van der Waals surface area contributed by atoms with E-state index in [0.29, 0.717) is 5.92 Å². The van der Waals surface area contributed by atoms with Crippen LogP contribution in [0.3, 0.4) is 0 Å². The number of hydrogen-bond acceptors (Lipinski definition) is 3. The van der Waals surface area contributed by atoms with Gasteiger partial charge in [-0.1, -0.05) is 13.8 Å². The molecule has 2 atom stereocenters. The van der Waals surface area contributed by atoms with Gasteiger partial charge in [-0.05, 0) is 50.7 Å². The molecule has 19 heavy (non-hydrogen) atoms. The molecule has 2 fully saturated rings. The Kier molecular flexibility index (Phi) is 4.51. The quantitative estimate of drug-likeness (QED) is 0.834. The lowest BCUT2D eigenvalue weighted by atomic mass is 9.77. The molecule has 4 heteroatoms. The monoisotopic (exact) mass is 267 g/mol. The largest absolute Gasteiger partial charge is 0.344 e. The fourth-order valence-corrected chi connectivity index (χ4v) is 3.51. The minimum Gasteiger partial charge on any atom is -0.344 e. The topological polar surface area (TPSA) is 35.6 Å².